The molecule has 1 aliphatic heterocycles. The summed E-state index contributed by atoms with van der Waals surface area (Å²) < 4.78 is 0. The number of nitrogens with zero attached hydrogens (tertiary/aromatic N) is 1. The molecule has 1 fully saturated rings. The van der Waals surface area contributed by atoms with Crippen molar-refractivity contribution in [3.05, 3.63) is 35.4 Å². The smallest absolute Gasteiger partial charge is 0.0233 e. The molecule has 0 saturated carbocycles. The highest BCUT2D eigenvalue weighted by Crippen LogP contribution is 2.13. The van der Waals surface area contributed by atoms with Crippen LogP contribution in [0, 0.1) is 5.92 Å². The van der Waals surface area contributed by atoms with Gasteiger partial charge in [0.1, 0.15) is 0 Å². The van der Waals surface area contributed by atoms with Gasteiger partial charge in [0.2, 0.25) is 0 Å². The van der Waals surface area contributed by atoms with Gasteiger partial charge >= 0.3 is 0 Å². The molecule has 2 heteroatoms. The summed E-state index contributed by atoms with van der Waals surface area (Å²) in [7, 11) is 0. The molecular formula is C18H30N2. The fraction of sp³-hybridized carbons (Fsp3) is 0.667. The molecule has 112 valence electrons. The highest BCUT2D eigenvalue weighted by Gasteiger charge is 2.17. The minimum atomic E-state index is 0.697. The lowest BCUT2D eigenvalue weighted by Gasteiger charge is -2.32. The fourth-order valence-corrected chi connectivity index (χ4v) is 3.04. The standard InChI is InChI=1S/C18H30N2/c1-4-16-6-8-17(9-7-16)14-20-11-10-18(5-2)19-12-15(3)13-20/h6-9,15,18-19H,4-5,10-14H2,1-3H3. The zero-order chi connectivity index (χ0) is 14.4. The van der Waals surface area contributed by atoms with E-state index in [0.717, 1.165) is 25.4 Å². The van der Waals surface area contributed by atoms with Crippen molar-refractivity contribution >= 4 is 0 Å². The number of hydrogen-bond donors (Lipinski definition) is 1. The second-order valence-corrected chi connectivity index (χ2v) is 6.31. The van der Waals surface area contributed by atoms with Gasteiger partial charge in [0.05, 0.1) is 0 Å². The molecule has 2 unspecified atom stereocenters. The lowest BCUT2D eigenvalue weighted by Crippen LogP contribution is -2.43. The lowest BCUT2D eigenvalue weighted by atomic mass is 10.0. The van der Waals surface area contributed by atoms with Crippen LogP contribution in [0.2, 0.25) is 0 Å². The predicted molar refractivity (Wildman–Crippen MR) is 87.0 cm³/mol. The third kappa shape index (κ3) is 4.60. The average Bonchev–Trinajstić information content (AvgIpc) is 2.46. The third-order valence-electron chi connectivity index (χ3n) is 4.45. The number of aryl methyl sites for hydroxylation is 1. The van der Waals surface area contributed by atoms with Gasteiger partial charge in [-0.15, -0.1) is 0 Å². The van der Waals surface area contributed by atoms with Gasteiger partial charge in [-0.25, -0.2) is 0 Å². The van der Waals surface area contributed by atoms with Crippen LogP contribution in [-0.4, -0.2) is 30.6 Å². The Bertz CT molecular complexity index is 385. The molecule has 0 radical (unpaired) electrons. The SMILES string of the molecule is CCc1ccc(CN2CCC(CC)NCC(C)C2)cc1. The second-order valence-electron chi connectivity index (χ2n) is 6.31. The molecule has 2 atom stereocenters. The van der Waals surface area contributed by atoms with Crippen LogP contribution < -0.4 is 5.32 Å². The van der Waals surface area contributed by atoms with Crippen molar-refractivity contribution in [1.29, 1.82) is 0 Å². The summed E-state index contributed by atoms with van der Waals surface area (Å²) in [5.74, 6) is 0.735. The molecule has 1 aromatic rings. The first-order valence-electron chi connectivity index (χ1n) is 8.24. The van der Waals surface area contributed by atoms with Crippen molar-refractivity contribution in [3.63, 3.8) is 0 Å². The van der Waals surface area contributed by atoms with E-state index in [1.54, 1.807) is 0 Å². The summed E-state index contributed by atoms with van der Waals surface area (Å²) in [5.41, 5.74) is 2.89. The maximum Gasteiger partial charge on any atom is 0.0233 e. The molecule has 2 rings (SSSR count). The Kier molecular flexibility index (Phi) is 6.06. The van der Waals surface area contributed by atoms with Crippen LogP contribution in [0.25, 0.3) is 0 Å². The van der Waals surface area contributed by atoms with Gasteiger partial charge in [-0.3, -0.25) is 4.90 Å². The summed E-state index contributed by atoms with van der Waals surface area (Å²) in [6.07, 6.45) is 3.65. The zero-order valence-corrected chi connectivity index (χ0v) is 13.4. The van der Waals surface area contributed by atoms with Crippen LogP contribution in [0.1, 0.15) is 44.7 Å². The monoisotopic (exact) mass is 274 g/mol. The Labute approximate surface area is 124 Å². The summed E-state index contributed by atoms with van der Waals surface area (Å²) in [5, 5.41) is 3.69. The topological polar surface area (TPSA) is 15.3 Å². The Hall–Kier alpha value is -0.860. The summed E-state index contributed by atoms with van der Waals surface area (Å²) in [6, 6.07) is 9.86. The van der Waals surface area contributed by atoms with Crippen LogP contribution in [0.5, 0.6) is 0 Å². The number of nitrogens with one attached hydrogen (secondary N) is 1. The average molecular weight is 274 g/mol. The Morgan fingerprint density at radius 1 is 1.15 bits per heavy atom. The van der Waals surface area contributed by atoms with Gasteiger partial charge in [0, 0.05) is 19.1 Å². The van der Waals surface area contributed by atoms with Gasteiger partial charge in [0.15, 0.2) is 0 Å². The maximum atomic E-state index is 3.69. The van der Waals surface area contributed by atoms with E-state index in [4.69, 9.17) is 0 Å². The minimum absolute atomic E-state index is 0.697. The van der Waals surface area contributed by atoms with Crippen LogP contribution in [0.15, 0.2) is 24.3 Å². The molecule has 1 aliphatic rings. The Balaban J connectivity index is 1.94. The van der Waals surface area contributed by atoms with Crippen molar-refractivity contribution < 1.29 is 0 Å². The van der Waals surface area contributed by atoms with E-state index >= 15 is 0 Å². The first kappa shape index (κ1) is 15.5. The van der Waals surface area contributed by atoms with Crippen molar-refractivity contribution in [3.8, 4) is 0 Å². The molecule has 1 N–H and O–H groups in total. The summed E-state index contributed by atoms with van der Waals surface area (Å²) in [6.45, 7) is 11.5. The number of benzene rings is 1. The Morgan fingerprint density at radius 2 is 1.85 bits per heavy atom. The third-order valence-corrected chi connectivity index (χ3v) is 4.45. The lowest BCUT2D eigenvalue weighted by molar-refractivity contribution is 0.190. The van der Waals surface area contributed by atoms with E-state index in [2.05, 4.69) is 55.3 Å². The molecule has 0 spiro atoms. The molecule has 1 saturated heterocycles. The van der Waals surface area contributed by atoms with Crippen LogP contribution in [0.3, 0.4) is 0 Å². The van der Waals surface area contributed by atoms with E-state index in [-0.39, 0.29) is 0 Å². The first-order valence-corrected chi connectivity index (χ1v) is 8.24. The van der Waals surface area contributed by atoms with E-state index in [1.807, 2.05) is 0 Å². The summed E-state index contributed by atoms with van der Waals surface area (Å²) >= 11 is 0. The van der Waals surface area contributed by atoms with E-state index in [9.17, 15) is 0 Å². The highest BCUT2D eigenvalue weighted by atomic mass is 15.1. The molecule has 0 bridgehead atoms. The predicted octanol–water partition coefficient (Wildman–Crippen LogP) is 3.46. The highest BCUT2D eigenvalue weighted by molar-refractivity contribution is 5.22. The first-order chi connectivity index (χ1) is 9.71. The fourth-order valence-electron chi connectivity index (χ4n) is 3.04. The largest absolute Gasteiger partial charge is 0.314 e. The van der Waals surface area contributed by atoms with Crippen LogP contribution in [-0.2, 0) is 13.0 Å². The van der Waals surface area contributed by atoms with E-state index < -0.39 is 0 Å². The normalized spacial score (nSPS) is 25.1. The number of rotatable bonds is 4. The molecular weight excluding hydrogens is 244 g/mol. The van der Waals surface area contributed by atoms with E-state index in [0.29, 0.717) is 6.04 Å². The quantitative estimate of drug-likeness (QED) is 0.904. The number of hydrogen-bond acceptors (Lipinski definition) is 2. The van der Waals surface area contributed by atoms with Crippen molar-refractivity contribution in [2.24, 2.45) is 5.92 Å². The van der Waals surface area contributed by atoms with Gasteiger partial charge < -0.3 is 5.32 Å². The van der Waals surface area contributed by atoms with Gasteiger partial charge in [-0.05, 0) is 49.4 Å². The van der Waals surface area contributed by atoms with Crippen LogP contribution >= 0.6 is 0 Å². The molecule has 1 heterocycles. The molecule has 0 aliphatic carbocycles. The van der Waals surface area contributed by atoms with Gasteiger partial charge in [-0.2, -0.15) is 0 Å². The van der Waals surface area contributed by atoms with E-state index in [1.165, 1.54) is 37.1 Å². The van der Waals surface area contributed by atoms with Gasteiger partial charge in [0.25, 0.3) is 0 Å². The maximum absolute atomic E-state index is 3.69. The molecule has 20 heavy (non-hydrogen) atoms. The summed E-state index contributed by atoms with van der Waals surface area (Å²) in [4.78, 5) is 2.63. The minimum Gasteiger partial charge on any atom is -0.314 e. The van der Waals surface area contributed by atoms with Crippen LogP contribution in [0.4, 0.5) is 0 Å². The molecule has 2 nitrogen and oxygen atoms in total. The van der Waals surface area contributed by atoms with Crippen molar-refractivity contribution in [2.45, 2.75) is 52.6 Å². The van der Waals surface area contributed by atoms with Crippen molar-refractivity contribution in [1.82, 2.24) is 10.2 Å². The second kappa shape index (κ2) is 7.80. The zero-order valence-electron chi connectivity index (χ0n) is 13.4. The van der Waals surface area contributed by atoms with Gasteiger partial charge in [-0.1, -0.05) is 45.0 Å². The van der Waals surface area contributed by atoms with Crippen molar-refractivity contribution in [2.75, 3.05) is 19.6 Å². The Morgan fingerprint density at radius 3 is 2.50 bits per heavy atom. The molecule has 0 amide bonds. The molecule has 0 aromatic heterocycles. The molecule has 1 aromatic carbocycles.